The van der Waals surface area contributed by atoms with Crippen LogP contribution in [0.25, 0.3) is 11.6 Å². The number of hydrogen-bond donors (Lipinski definition) is 1. The quantitative estimate of drug-likeness (QED) is 0.835. The molecule has 0 aliphatic rings. The van der Waals surface area contributed by atoms with E-state index in [1.807, 2.05) is 0 Å². The molecule has 2 rings (SSSR count). The lowest BCUT2D eigenvalue weighted by Crippen LogP contribution is -2.37. The Morgan fingerprint density at radius 1 is 1.50 bits per heavy atom. The highest BCUT2D eigenvalue weighted by molar-refractivity contribution is 7.07. The number of carbonyl (C=O) groups is 1. The zero-order valence-corrected chi connectivity index (χ0v) is 14.3. The second kappa shape index (κ2) is 7.97. The van der Waals surface area contributed by atoms with Crippen LogP contribution in [0.4, 0.5) is 13.2 Å². The molecule has 10 heteroatoms. The lowest BCUT2D eigenvalue weighted by molar-refractivity contribution is -0.135. The SMILES string of the molecule is CCn1c(=O)/c(=C/c2cccnc2)s/c1=C(/C#N)C(=O)NCC(F)(F)F. The van der Waals surface area contributed by atoms with Crippen LogP contribution in [0.3, 0.4) is 0 Å². The number of halogens is 3. The predicted octanol–water partition coefficient (Wildman–Crippen LogP) is 0.506. The molecule has 0 aromatic carbocycles. The van der Waals surface area contributed by atoms with Crippen molar-refractivity contribution in [1.82, 2.24) is 14.9 Å². The summed E-state index contributed by atoms with van der Waals surface area (Å²) < 4.78 is 38.2. The van der Waals surface area contributed by atoms with Crippen LogP contribution in [0.5, 0.6) is 0 Å². The Balaban J connectivity index is 2.60. The fourth-order valence-electron chi connectivity index (χ4n) is 2.07. The molecule has 136 valence electrons. The van der Waals surface area contributed by atoms with Gasteiger partial charge in [-0.1, -0.05) is 6.07 Å². The van der Waals surface area contributed by atoms with E-state index in [1.165, 1.54) is 16.8 Å². The van der Waals surface area contributed by atoms with Crippen molar-refractivity contribution in [2.75, 3.05) is 6.54 Å². The first-order valence-electron chi connectivity index (χ1n) is 7.37. The highest BCUT2D eigenvalue weighted by Crippen LogP contribution is 2.12. The number of nitriles is 1. The van der Waals surface area contributed by atoms with E-state index >= 15 is 0 Å². The van der Waals surface area contributed by atoms with Crippen molar-refractivity contribution in [3.8, 4) is 6.07 Å². The van der Waals surface area contributed by atoms with E-state index in [1.54, 1.807) is 36.6 Å². The molecule has 0 atom stereocenters. The lowest BCUT2D eigenvalue weighted by atomic mass is 10.3. The molecule has 0 saturated heterocycles. The largest absolute Gasteiger partial charge is 0.405 e. The van der Waals surface area contributed by atoms with E-state index in [-0.39, 0.29) is 15.7 Å². The molecule has 2 aromatic rings. The first kappa shape index (κ1) is 19.4. The molecule has 1 N–H and O–H groups in total. The summed E-state index contributed by atoms with van der Waals surface area (Å²) in [6.45, 7) is 0.227. The molecule has 26 heavy (non-hydrogen) atoms. The molecule has 0 aliphatic heterocycles. The molecular weight excluding hydrogens is 369 g/mol. The first-order chi connectivity index (χ1) is 12.3. The zero-order chi connectivity index (χ0) is 19.3. The smallest absolute Gasteiger partial charge is 0.342 e. The van der Waals surface area contributed by atoms with Gasteiger partial charge < -0.3 is 5.32 Å². The summed E-state index contributed by atoms with van der Waals surface area (Å²) in [5.74, 6) is -1.18. The Hall–Kier alpha value is -2.93. The number of nitrogens with one attached hydrogen (secondary N) is 1. The fourth-order valence-corrected chi connectivity index (χ4v) is 3.23. The monoisotopic (exact) mass is 382 g/mol. The molecular formula is C16H13F3N4O2S. The Bertz CT molecular complexity index is 1020. The van der Waals surface area contributed by atoms with Crippen LogP contribution >= 0.6 is 11.3 Å². The van der Waals surface area contributed by atoms with Gasteiger partial charge in [-0.2, -0.15) is 18.4 Å². The minimum absolute atomic E-state index is 0.00909. The van der Waals surface area contributed by atoms with Gasteiger partial charge in [0.05, 0.1) is 4.53 Å². The Labute approximate surface area is 149 Å². The summed E-state index contributed by atoms with van der Waals surface area (Å²) >= 11 is 0.865. The van der Waals surface area contributed by atoms with Gasteiger partial charge in [-0.15, -0.1) is 11.3 Å². The van der Waals surface area contributed by atoms with Crippen LogP contribution in [-0.4, -0.2) is 28.2 Å². The number of carbonyl (C=O) groups excluding carboxylic acids is 1. The molecule has 0 saturated carbocycles. The average molecular weight is 382 g/mol. The van der Waals surface area contributed by atoms with Crippen molar-refractivity contribution in [2.24, 2.45) is 0 Å². The van der Waals surface area contributed by atoms with Gasteiger partial charge in [0.25, 0.3) is 11.5 Å². The average Bonchev–Trinajstić information content (AvgIpc) is 2.89. The van der Waals surface area contributed by atoms with Crippen LogP contribution in [0.1, 0.15) is 12.5 Å². The maximum absolute atomic E-state index is 12.5. The van der Waals surface area contributed by atoms with Crippen LogP contribution in [0.15, 0.2) is 29.3 Å². The van der Waals surface area contributed by atoms with Crippen LogP contribution < -0.4 is 20.1 Å². The minimum atomic E-state index is -4.60. The third kappa shape index (κ3) is 4.58. The van der Waals surface area contributed by atoms with Gasteiger partial charge in [0.2, 0.25) is 0 Å². The number of aromatic nitrogens is 2. The summed E-state index contributed by atoms with van der Waals surface area (Å²) in [4.78, 5) is 28.4. The van der Waals surface area contributed by atoms with E-state index in [0.717, 1.165) is 11.3 Å². The van der Waals surface area contributed by atoms with Crippen molar-refractivity contribution >= 4 is 28.9 Å². The number of amides is 1. The van der Waals surface area contributed by atoms with E-state index in [0.29, 0.717) is 5.56 Å². The number of alkyl halides is 3. The van der Waals surface area contributed by atoms with E-state index < -0.39 is 29.8 Å². The van der Waals surface area contributed by atoms with Gasteiger partial charge in [-0.05, 0) is 24.6 Å². The highest BCUT2D eigenvalue weighted by atomic mass is 32.1. The molecule has 0 bridgehead atoms. The number of rotatable bonds is 4. The summed E-state index contributed by atoms with van der Waals surface area (Å²) in [5, 5.41) is 10.9. The minimum Gasteiger partial charge on any atom is -0.342 e. The van der Waals surface area contributed by atoms with Crippen molar-refractivity contribution in [2.45, 2.75) is 19.6 Å². The summed E-state index contributed by atoms with van der Waals surface area (Å²) in [7, 11) is 0. The third-order valence-corrected chi connectivity index (χ3v) is 4.34. The molecule has 0 unspecified atom stereocenters. The van der Waals surface area contributed by atoms with Gasteiger partial charge in [0, 0.05) is 18.9 Å². The molecule has 1 amide bonds. The van der Waals surface area contributed by atoms with Crippen molar-refractivity contribution in [3.05, 3.63) is 49.6 Å². The molecule has 0 radical (unpaired) electrons. The molecule has 2 heterocycles. The number of thiazole rings is 1. The van der Waals surface area contributed by atoms with Crippen LogP contribution in [-0.2, 0) is 11.3 Å². The predicted molar refractivity (Wildman–Crippen MR) is 89.4 cm³/mol. The van der Waals surface area contributed by atoms with Gasteiger partial charge in [0.15, 0.2) is 5.57 Å². The first-order valence-corrected chi connectivity index (χ1v) is 8.19. The molecule has 0 spiro atoms. The number of pyridine rings is 1. The topological polar surface area (TPSA) is 87.8 Å². The van der Waals surface area contributed by atoms with Crippen molar-refractivity contribution in [3.63, 3.8) is 0 Å². The van der Waals surface area contributed by atoms with Crippen molar-refractivity contribution < 1.29 is 18.0 Å². The van der Waals surface area contributed by atoms with Gasteiger partial charge in [-0.3, -0.25) is 19.1 Å². The van der Waals surface area contributed by atoms with E-state index in [2.05, 4.69) is 4.98 Å². The van der Waals surface area contributed by atoms with Crippen molar-refractivity contribution in [1.29, 1.82) is 5.26 Å². The Morgan fingerprint density at radius 2 is 2.23 bits per heavy atom. The second-order valence-electron chi connectivity index (χ2n) is 5.04. The van der Waals surface area contributed by atoms with Gasteiger partial charge >= 0.3 is 6.18 Å². The Morgan fingerprint density at radius 3 is 2.77 bits per heavy atom. The second-order valence-corrected chi connectivity index (χ2v) is 6.07. The van der Waals surface area contributed by atoms with Gasteiger partial charge in [-0.25, -0.2) is 0 Å². The maximum Gasteiger partial charge on any atom is 0.405 e. The highest BCUT2D eigenvalue weighted by Gasteiger charge is 2.28. The van der Waals surface area contributed by atoms with E-state index in [9.17, 15) is 28.0 Å². The molecule has 6 nitrogen and oxygen atoms in total. The fraction of sp³-hybridized carbons (Fsp3) is 0.250. The van der Waals surface area contributed by atoms with Crippen LogP contribution in [0, 0.1) is 11.3 Å². The standard InChI is InChI=1S/C16H13F3N4O2S/c1-2-23-14(25)12(6-10-4-3-5-21-8-10)26-15(23)11(7-20)13(24)22-9-16(17,18)19/h3-6,8H,2,9H2,1H3,(H,22,24)/b12-6-,15-11-. The molecule has 0 aliphatic carbocycles. The molecule has 0 fully saturated rings. The normalized spacial score (nSPS) is 13.3. The summed E-state index contributed by atoms with van der Waals surface area (Å²) in [6.07, 6.45) is 0.0295. The van der Waals surface area contributed by atoms with Crippen LogP contribution in [0.2, 0.25) is 0 Å². The zero-order valence-electron chi connectivity index (χ0n) is 13.5. The number of hydrogen-bond acceptors (Lipinski definition) is 5. The molecule has 2 aromatic heterocycles. The summed E-state index contributed by atoms with van der Waals surface area (Å²) in [5.41, 5.74) is -0.336. The third-order valence-electron chi connectivity index (χ3n) is 3.21. The summed E-state index contributed by atoms with van der Waals surface area (Å²) in [6, 6.07) is 4.99. The maximum atomic E-state index is 12.5. The lowest BCUT2D eigenvalue weighted by Gasteiger charge is -2.07. The number of nitrogens with zero attached hydrogens (tertiary/aromatic N) is 3. The Kier molecular flexibility index (Phi) is 5.94. The van der Waals surface area contributed by atoms with Gasteiger partial charge in [0.1, 0.15) is 17.3 Å². The van der Waals surface area contributed by atoms with E-state index in [4.69, 9.17) is 0 Å².